The minimum absolute atomic E-state index is 0.0800. The first-order chi connectivity index (χ1) is 12.5. The van der Waals surface area contributed by atoms with Crippen LogP contribution in [0, 0.1) is 0 Å². The number of carbonyl (C=O) groups is 1. The third-order valence-corrected chi connectivity index (χ3v) is 5.37. The number of piperazine rings is 1. The van der Waals surface area contributed by atoms with Crippen molar-refractivity contribution >= 4 is 23.4 Å². The van der Waals surface area contributed by atoms with Gasteiger partial charge in [-0.2, -0.15) is 0 Å². The highest BCUT2D eigenvalue weighted by molar-refractivity contribution is 7.98. The van der Waals surface area contributed by atoms with Crippen LogP contribution in [0.2, 0.25) is 0 Å². The molecular formula is C20H24N2O3S. The van der Waals surface area contributed by atoms with Gasteiger partial charge < -0.3 is 14.7 Å². The molecular weight excluding hydrogens is 348 g/mol. The second kappa shape index (κ2) is 8.01. The van der Waals surface area contributed by atoms with Crippen LogP contribution in [0.25, 0.3) is 0 Å². The van der Waals surface area contributed by atoms with E-state index in [2.05, 4.69) is 11.8 Å². The van der Waals surface area contributed by atoms with Crippen molar-refractivity contribution in [3.05, 3.63) is 48.0 Å². The Kier molecular flexibility index (Phi) is 5.74. The molecule has 3 rings (SSSR count). The fraction of sp³-hybridized carbons (Fsp3) is 0.350. The van der Waals surface area contributed by atoms with Crippen molar-refractivity contribution in [3.63, 3.8) is 0 Å². The minimum Gasteiger partial charge on any atom is -0.504 e. The lowest BCUT2D eigenvalue weighted by atomic mass is 10.1. The highest BCUT2D eigenvalue weighted by Crippen LogP contribution is 2.32. The van der Waals surface area contributed by atoms with Gasteiger partial charge in [-0.25, -0.2) is 0 Å². The second-order valence-corrected chi connectivity index (χ2v) is 7.31. The molecule has 1 amide bonds. The van der Waals surface area contributed by atoms with Crippen LogP contribution in [0.4, 0.5) is 5.69 Å². The Bertz CT molecular complexity index is 796. The quantitative estimate of drug-likeness (QED) is 0.816. The molecule has 1 fully saturated rings. The summed E-state index contributed by atoms with van der Waals surface area (Å²) < 4.78 is 5.08. The van der Waals surface area contributed by atoms with Crippen LogP contribution >= 0.6 is 11.8 Å². The zero-order chi connectivity index (χ0) is 18.7. The summed E-state index contributed by atoms with van der Waals surface area (Å²) in [5.41, 5.74) is 1.94. The summed E-state index contributed by atoms with van der Waals surface area (Å²) in [6.45, 7) is 3.83. The zero-order valence-electron chi connectivity index (χ0n) is 15.3. The highest BCUT2D eigenvalue weighted by atomic mass is 32.2. The summed E-state index contributed by atoms with van der Waals surface area (Å²) >= 11 is 1.65. The molecule has 138 valence electrons. The molecule has 1 aliphatic rings. The van der Waals surface area contributed by atoms with Gasteiger partial charge in [0.25, 0.3) is 0 Å². The van der Waals surface area contributed by atoms with E-state index >= 15 is 0 Å². The molecule has 0 spiro atoms. The van der Waals surface area contributed by atoms with Crippen LogP contribution in [0.1, 0.15) is 12.5 Å². The van der Waals surface area contributed by atoms with Gasteiger partial charge in [-0.15, -0.1) is 11.8 Å². The summed E-state index contributed by atoms with van der Waals surface area (Å²) in [6.07, 6.45) is 2.03. The largest absolute Gasteiger partial charge is 0.504 e. The Hall–Kier alpha value is -2.18. The van der Waals surface area contributed by atoms with Crippen molar-refractivity contribution in [2.24, 2.45) is 0 Å². The van der Waals surface area contributed by atoms with Gasteiger partial charge in [0.15, 0.2) is 11.5 Å². The number of ether oxygens (including phenoxy) is 1. The fourth-order valence-corrected chi connectivity index (χ4v) is 4.04. The van der Waals surface area contributed by atoms with Crippen molar-refractivity contribution in [1.29, 1.82) is 0 Å². The van der Waals surface area contributed by atoms with Gasteiger partial charge in [0.05, 0.1) is 19.3 Å². The summed E-state index contributed by atoms with van der Waals surface area (Å²) in [5.74, 6) is 0.677. The van der Waals surface area contributed by atoms with Gasteiger partial charge >= 0.3 is 0 Å². The van der Waals surface area contributed by atoms with Crippen LogP contribution < -0.4 is 9.64 Å². The molecule has 6 heteroatoms. The fourth-order valence-electron chi connectivity index (χ4n) is 3.45. The molecule has 0 saturated carbocycles. The van der Waals surface area contributed by atoms with E-state index in [1.54, 1.807) is 23.9 Å². The number of hydrogen-bond donors (Lipinski definition) is 1. The topological polar surface area (TPSA) is 53.0 Å². The van der Waals surface area contributed by atoms with E-state index < -0.39 is 0 Å². The molecule has 26 heavy (non-hydrogen) atoms. The number of carbonyl (C=O) groups excluding carboxylic acids is 1. The number of phenols is 1. The van der Waals surface area contributed by atoms with E-state index in [1.807, 2.05) is 41.5 Å². The molecule has 1 heterocycles. The SMILES string of the molecule is COc1ccc(CN2CC(=O)N(c3ccccc3SC)C(C)C2)cc1O. The molecule has 0 aromatic heterocycles. The maximum Gasteiger partial charge on any atom is 0.241 e. The molecule has 5 nitrogen and oxygen atoms in total. The van der Waals surface area contributed by atoms with Crippen molar-refractivity contribution in [2.45, 2.75) is 24.4 Å². The molecule has 1 aliphatic heterocycles. The summed E-state index contributed by atoms with van der Waals surface area (Å²) in [6, 6.07) is 13.5. The third-order valence-electron chi connectivity index (χ3n) is 4.58. The third kappa shape index (κ3) is 3.81. The van der Waals surface area contributed by atoms with Gasteiger partial charge in [-0.05, 0) is 43.0 Å². The predicted octanol–water partition coefficient (Wildman–Crippen LogP) is 3.36. The first-order valence-corrected chi connectivity index (χ1v) is 9.79. The first kappa shape index (κ1) is 18.6. The Morgan fingerprint density at radius 2 is 2.04 bits per heavy atom. The van der Waals surface area contributed by atoms with Gasteiger partial charge in [-0.1, -0.05) is 18.2 Å². The molecule has 2 aromatic carbocycles. The van der Waals surface area contributed by atoms with E-state index in [1.165, 1.54) is 7.11 Å². The molecule has 1 atom stereocenters. The van der Waals surface area contributed by atoms with E-state index in [0.29, 0.717) is 18.8 Å². The smallest absolute Gasteiger partial charge is 0.241 e. The minimum atomic E-state index is 0.0800. The normalized spacial score (nSPS) is 18.2. The molecule has 2 aromatic rings. The molecule has 0 aliphatic carbocycles. The number of aromatic hydroxyl groups is 1. The van der Waals surface area contributed by atoms with Gasteiger partial charge in [0.2, 0.25) is 5.91 Å². The van der Waals surface area contributed by atoms with Gasteiger partial charge in [-0.3, -0.25) is 9.69 Å². The average Bonchev–Trinajstić information content (AvgIpc) is 2.62. The van der Waals surface area contributed by atoms with Crippen molar-refractivity contribution in [3.8, 4) is 11.5 Å². The van der Waals surface area contributed by atoms with Crippen LogP contribution in [0.5, 0.6) is 11.5 Å². The summed E-state index contributed by atoms with van der Waals surface area (Å²) in [7, 11) is 1.53. The number of anilines is 1. The number of methoxy groups -OCH3 is 1. The van der Waals surface area contributed by atoms with Crippen LogP contribution in [-0.4, -0.2) is 48.4 Å². The first-order valence-electron chi connectivity index (χ1n) is 8.56. The Labute approximate surface area is 158 Å². The maximum absolute atomic E-state index is 12.8. The Morgan fingerprint density at radius 3 is 2.69 bits per heavy atom. The number of nitrogens with zero attached hydrogens (tertiary/aromatic N) is 2. The Balaban J connectivity index is 1.74. The average molecular weight is 372 g/mol. The highest BCUT2D eigenvalue weighted by Gasteiger charge is 2.31. The van der Waals surface area contributed by atoms with E-state index in [9.17, 15) is 9.90 Å². The van der Waals surface area contributed by atoms with Crippen molar-refractivity contribution < 1.29 is 14.6 Å². The molecule has 1 saturated heterocycles. The van der Waals surface area contributed by atoms with Crippen LogP contribution in [0.15, 0.2) is 47.4 Å². The van der Waals surface area contributed by atoms with E-state index in [4.69, 9.17) is 4.74 Å². The summed E-state index contributed by atoms with van der Waals surface area (Å²) in [5, 5.41) is 9.95. The zero-order valence-corrected chi connectivity index (χ0v) is 16.1. The molecule has 0 radical (unpaired) electrons. The van der Waals surface area contributed by atoms with Crippen molar-refractivity contribution in [2.75, 3.05) is 31.4 Å². The number of phenolic OH excluding ortho intramolecular Hbond substituents is 1. The second-order valence-electron chi connectivity index (χ2n) is 6.46. The lowest BCUT2D eigenvalue weighted by Gasteiger charge is -2.40. The number of rotatable bonds is 5. The number of benzene rings is 2. The monoisotopic (exact) mass is 372 g/mol. The number of para-hydroxylation sites is 1. The predicted molar refractivity (Wildman–Crippen MR) is 105 cm³/mol. The van der Waals surface area contributed by atoms with Crippen LogP contribution in [-0.2, 0) is 11.3 Å². The number of hydrogen-bond acceptors (Lipinski definition) is 5. The number of amides is 1. The maximum atomic E-state index is 12.8. The van der Waals surface area contributed by atoms with Crippen LogP contribution in [0.3, 0.4) is 0 Å². The van der Waals surface area contributed by atoms with Gasteiger partial charge in [0, 0.05) is 24.0 Å². The Morgan fingerprint density at radius 1 is 1.27 bits per heavy atom. The molecule has 1 unspecified atom stereocenters. The standard InChI is InChI=1S/C20H24N2O3S/c1-14-11-21(12-15-8-9-18(25-2)17(23)10-15)13-20(24)22(14)16-6-4-5-7-19(16)26-3/h4-10,14,23H,11-13H2,1-3H3. The number of thioether (sulfide) groups is 1. The van der Waals surface area contributed by atoms with Gasteiger partial charge in [0.1, 0.15) is 0 Å². The lowest BCUT2D eigenvalue weighted by Crippen LogP contribution is -2.55. The molecule has 0 bridgehead atoms. The van der Waals surface area contributed by atoms with E-state index in [-0.39, 0.29) is 17.7 Å². The van der Waals surface area contributed by atoms with Crippen molar-refractivity contribution in [1.82, 2.24) is 4.90 Å². The lowest BCUT2D eigenvalue weighted by molar-refractivity contribution is -0.122. The molecule has 1 N–H and O–H groups in total. The summed E-state index contributed by atoms with van der Waals surface area (Å²) in [4.78, 5) is 18.0. The van der Waals surface area contributed by atoms with E-state index in [0.717, 1.165) is 22.7 Å².